The molecule has 0 bridgehead atoms. The zero-order valence-electron chi connectivity index (χ0n) is 12.0. The Morgan fingerprint density at radius 1 is 1.18 bits per heavy atom. The average Bonchev–Trinajstić information content (AvgIpc) is 2.48. The second-order valence-corrected chi connectivity index (χ2v) is 6.23. The summed E-state index contributed by atoms with van der Waals surface area (Å²) in [5.74, 6) is -1.33. The maximum absolute atomic E-state index is 13.2. The van der Waals surface area contributed by atoms with Gasteiger partial charge in [-0.25, -0.2) is 17.6 Å². The highest BCUT2D eigenvalue weighted by molar-refractivity contribution is 7.92. The van der Waals surface area contributed by atoms with E-state index in [1.807, 2.05) is 0 Å². The molecule has 0 amide bonds. The second kappa shape index (κ2) is 6.15. The Hall–Kier alpha value is -2.41. The molecular formula is C15H14FNO4S. The zero-order chi connectivity index (χ0) is 16.3. The van der Waals surface area contributed by atoms with Crippen molar-refractivity contribution in [2.24, 2.45) is 0 Å². The Labute approximate surface area is 127 Å². The number of nitrogens with one attached hydrogen (secondary N) is 1. The molecule has 0 saturated heterocycles. The molecule has 1 N–H and O–H groups in total. The Bertz CT molecular complexity index is 818. The third kappa shape index (κ3) is 3.25. The lowest BCUT2D eigenvalue weighted by atomic mass is 10.1. The predicted octanol–water partition coefficient (Wildman–Crippen LogP) is 2.72. The minimum absolute atomic E-state index is 0.0856. The molecule has 0 aliphatic carbocycles. The number of carbonyl (C=O) groups excluding carboxylic acids is 1. The molecular weight excluding hydrogens is 309 g/mol. The predicted molar refractivity (Wildman–Crippen MR) is 79.7 cm³/mol. The van der Waals surface area contributed by atoms with Gasteiger partial charge in [0.15, 0.2) is 0 Å². The number of ether oxygens (including phenoxy) is 1. The lowest BCUT2D eigenvalue weighted by molar-refractivity contribution is 0.0602. The molecule has 0 heterocycles. The third-order valence-corrected chi connectivity index (χ3v) is 4.37. The van der Waals surface area contributed by atoms with E-state index in [1.165, 1.54) is 25.3 Å². The molecule has 0 fully saturated rings. The van der Waals surface area contributed by atoms with Gasteiger partial charge in [-0.05, 0) is 36.8 Å². The van der Waals surface area contributed by atoms with Crippen molar-refractivity contribution in [1.82, 2.24) is 0 Å². The largest absolute Gasteiger partial charge is 0.465 e. The van der Waals surface area contributed by atoms with Crippen molar-refractivity contribution in [2.75, 3.05) is 11.8 Å². The van der Waals surface area contributed by atoms with Gasteiger partial charge in [0.25, 0.3) is 10.0 Å². The number of halogens is 1. The SMILES string of the molecule is COC(=O)c1cccc(C)c1NS(=O)(=O)c1cccc(F)c1. The summed E-state index contributed by atoms with van der Waals surface area (Å²) in [7, 11) is -2.82. The van der Waals surface area contributed by atoms with E-state index in [4.69, 9.17) is 0 Å². The molecule has 0 saturated carbocycles. The summed E-state index contributed by atoms with van der Waals surface area (Å²) in [6.45, 7) is 1.65. The van der Waals surface area contributed by atoms with Gasteiger partial charge in [0, 0.05) is 0 Å². The lowest BCUT2D eigenvalue weighted by Crippen LogP contribution is -2.17. The zero-order valence-corrected chi connectivity index (χ0v) is 12.8. The molecule has 0 aliphatic heterocycles. The number of hydrogen-bond acceptors (Lipinski definition) is 4. The first-order valence-corrected chi connectivity index (χ1v) is 7.80. The highest BCUT2D eigenvalue weighted by atomic mass is 32.2. The fourth-order valence-corrected chi connectivity index (χ4v) is 3.09. The quantitative estimate of drug-likeness (QED) is 0.878. The van der Waals surface area contributed by atoms with Gasteiger partial charge >= 0.3 is 5.97 Å². The van der Waals surface area contributed by atoms with Crippen LogP contribution in [0, 0.1) is 12.7 Å². The van der Waals surface area contributed by atoms with E-state index in [-0.39, 0.29) is 16.1 Å². The molecule has 2 aromatic rings. The van der Waals surface area contributed by atoms with Crippen LogP contribution in [0.2, 0.25) is 0 Å². The van der Waals surface area contributed by atoms with Gasteiger partial charge in [0.2, 0.25) is 0 Å². The van der Waals surface area contributed by atoms with Crippen molar-refractivity contribution in [3.63, 3.8) is 0 Å². The molecule has 2 aromatic carbocycles. The maximum atomic E-state index is 13.2. The number of anilines is 1. The number of para-hydroxylation sites is 1. The summed E-state index contributed by atoms with van der Waals surface area (Å²) in [6, 6.07) is 9.31. The van der Waals surface area contributed by atoms with E-state index in [0.29, 0.717) is 5.56 Å². The second-order valence-electron chi connectivity index (χ2n) is 4.55. The first kappa shape index (κ1) is 16.0. The van der Waals surface area contributed by atoms with E-state index in [0.717, 1.165) is 12.1 Å². The number of esters is 1. The van der Waals surface area contributed by atoms with Gasteiger partial charge in [-0.15, -0.1) is 0 Å². The third-order valence-electron chi connectivity index (χ3n) is 3.02. The van der Waals surface area contributed by atoms with Crippen LogP contribution in [-0.4, -0.2) is 21.5 Å². The first-order valence-electron chi connectivity index (χ1n) is 6.31. The molecule has 0 unspecified atom stereocenters. The van der Waals surface area contributed by atoms with E-state index in [2.05, 4.69) is 9.46 Å². The van der Waals surface area contributed by atoms with Crippen molar-refractivity contribution >= 4 is 21.7 Å². The summed E-state index contributed by atoms with van der Waals surface area (Å²) < 4.78 is 44.8. The van der Waals surface area contributed by atoms with Crippen LogP contribution in [0.3, 0.4) is 0 Å². The van der Waals surface area contributed by atoms with Crippen LogP contribution in [0.5, 0.6) is 0 Å². The number of carbonyl (C=O) groups is 1. The molecule has 0 spiro atoms. The van der Waals surface area contributed by atoms with Crippen LogP contribution in [0.4, 0.5) is 10.1 Å². The molecule has 0 aromatic heterocycles. The minimum Gasteiger partial charge on any atom is -0.465 e. The Morgan fingerprint density at radius 2 is 1.86 bits per heavy atom. The van der Waals surface area contributed by atoms with Gasteiger partial charge in [-0.2, -0.15) is 0 Å². The Kier molecular flexibility index (Phi) is 4.46. The van der Waals surface area contributed by atoms with Gasteiger partial charge < -0.3 is 4.74 Å². The van der Waals surface area contributed by atoms with Crippen molar-refractivity contribution in [3.8, 4) is 0 Å². The number of rotatable bonds is 4. The van der Waals surface area contributed by atoms with Crippen molar-refractivity contribution < 1.29 is 22.3 Å². The topological polar surface area (TPSA) is 72.5 Å². The Morgan fingerprint density at radius 3 is 2.50 bits per heavy atom. The minimum atomic E-state index is -4.02. The van der Waals surface area contributed by atoms with Gasteiger partial charge in [0.05, 0.1) is 23.3 Å². The van der Waals surface area contributed by atoms with E-state index in [9.17, 15) is 17.6 Å². The standard InChI is InChI=1S/C15H14FNO4S/c1-10-5-3-8-13(15(18)21-2)14(10)17-22(19,20)12-7-4-6-11(16)9-12/h3-9,17H,1-2H3. The van der Waals surface area contributed by atoms with E-state index < -0.39 is 21.8 Å². The monoisotopic (exact) mass is 323 g/mol. The molecule has 0 radical (unpaired) electrons. The molecule has 116 valence electrons. The number of aryl methyl sites for hydroxylation is 1. The fourth-order valence-electron chi connectivity index (χ4n) is 1.91. The van der Waals surface area contributed by atoms with Gasteiger partial charge in [-0.1, -0.05) is 18.2 Å². The number of benzene rings is 2. The number of sulfonamides is 1. The van der Waals surface area contributed by atoms with Crippen LogP contribution in [-0.2, 0) is 14.8 Å². The smallest absolute Gasteiger partial charge is 0.340 e. The lowest BCUT2D eigenvalue weighted by Gasteiger charge is -2.14. The summed E-state index contributed by atoms with van der Waals surface area (Å²) in [4.78, 5) is 11.5. The highest BCUT2D eigenvalue weighted by Gasteiger charge is 2.21. The van der Waals surface area contributed by atoms with E-state index in [1.54, 1.807) is 19.1 Å². The van der Waals surface area contributed by atoms with Crippen molar-refractivity contribution in [3.05, 3.63) is 59.4 Å². The first-order chi connectivity index (χ1) is 10.3. The molecule has 5 nitrogen and oxygen atoms in total. The van der Waals surface area contributed by atoms with Crippen LogP contribution in [0.25, 0.3) is 0 Å². The Balaban J connectivity index is 2.48. The average molecular weight is 323 g/mol. The van der Waals surface area contributed by atoms with Crippen LogP contribution >= 0.6 is 0 Å². The molecule has 0 aliphatic rings. The van der Waals surface area contributed by atoms with Crippen LogP contribution in [0.1, 0.15) is 15.9 Å². The van der Waals surface area contributed by atoms with Crippen molar-refractivity contribution in [2.45, 2.75) is 11.8 Å². The van der Waals surface area contributed by atoms with Gasteiger partial charge in [0.1, 0.15) is 5.82 Å². The molecule has 0 atom stereocenters. The maximum Gasteiger partial charge on any atom is 0.340 e. The van der Waals surface area contributed by atoms with Crippen molar-refractivity contribution in [1.29, 1.82) is 0 Å². The van der Waals surface area contributed by atoms with Crippen LogP contribution in [0.15, 0.2) is 47.4 Å². The van der Waals surface area contributed by atoms with Gasteiger partial charge in [-0.3, -0.25) is 4.72 Å². The number of hydrogen-bond donors (Lipinski definition) is 1. The van der Waals surface area contributed by atoms with E-state index >= 15 is 0 Å². The summed E-state index contributed by atoms with van der Waals surface area (Å²) in [5.41, 5.74) is 0.740. The van der Waals surface area contributed by atoms with Crippen LogP contribution < -0.4 is 4.72 Å². The number of methoxy groups -OCH3 is 1. The normalized spacial score (nSPS) is 11.0. The molecule has 7 heteroatoms. The summed E-state index contributed by atoms with van der Waals surface area (Å²) >= 11 is 0. The highest BCUT2D eigenvalue weighted by Crippen LogP contribution is 2.25. The fraction of sp³-hybridized carbons (Fsp3) is 0.133. The summed E-state index contributed by atoms with van der Waals surface area (Å²) in [6.07, 6.45) is 0. The summed E-state index contributed by atoms with van der Waals surface area (Å²) in [5, 5.41) is 0. The molecule has 2 rings (SSSR count). The molecule has 22 heavy (non-hydrogen) atoms.